The highest BCUT2D eigenvalue weighted by Gasteiger charge is 2.54. The zero-order chi connectivity index (χ0) is 18.7. The van der Waals surface area contributed by atoms with Gasteiger partial charge in [0.2, 0.25) is 0 Å². The fraction of sp³-hybridized carbons (Fsp3) is 0.652. The number of Topliss-reactive ketones (excluding diaryl/α,β-unsaturated/α-hetero) is 1. The fourth-order valence-electron chi connectivity index (χ4n) is 5.65. The molecule has 2 fully saturated rings. The van der Waals surface area contributed by atoms with Crippen molar-refractivity contribution < 1.29 is 14.3 Å². The van der Waals surface area contributed by atoms with E-state index < -0.39 is 5.41 Å². The monoisotopic (exact) mass is 354 g/mol. The van der Waals surface area contributed by atoms with Crippen molar-refractivity contribution in [3.05, 3.63) is 29.3 Å². The molecule has 1 aromatic carbocycles. The number of fused-ring (bicyclic) bond motifs is 5. The van der Waals surface area contributed by atoms with Crippen molar-refractivity contribution in [1.29, 1.82) is 0 Å². The lowest BCUT2D eigenvalue weighted by atomic mass is 9.55. The Morgan fingerprint density at radius 2 is 1.92 bits per heavy atom. The van der Waals surface area contributed by atoms with Crippen LogP contribution in [-0.4, -0.2) is 11.8 Å². The summed E-state index contributed by atoms with van der Waals surface area (Å²) >= 11 is 0. The van der Waals surface area contributed by atoms with Gasteiger partial charge in [-0.3, -0.25) is 9.59 Å². The fourth-order valence-corrected chi connectivity index (χ4v) is 5.65. The molecule has 140 valence electrons. The Balaban J connectivity index is 1.58. The molecule has 1 aromatic rings. The predicted molar refractivity (Wildman–Crippen MR) is 101 cm³/mol. The lowest BCUT2D eigenvalue weighted by Crippen LogP contribution is -2.42. The smallest absolute Gasteiger partial charge is 0.316 e. The number of carbonyl (C=O) groups excluding carboxylic acids is 2. The highest BCUT2D eigenvalue weighted by Crippen LogP contribution is 2.59. The first-order valence-corrected chi connectivity index (χ1v) is 10.1. The van der Waals surface area contributed by atoms with Crippen LogP contribution in [0.3, 0.4) is 0 Å². The van der Waals surface area contributed by atoms with Crippen LogP contribution in [-0.2, 0) is 16.0 Å². The zero-order valence-corrected chi connectivity index (χ0v) is 16.4. The third-order valence-corrected chi connectivity index (χ3v) is 7.23. The third-order valence-electron chi connectivity index (χ3n) is 7.23. The van der Waals surface area contributed by atoms with Crippen LogP contribution in [0.15, 0.2) is 18.2 Å². The molecule has 4 rings (SSSR count). The van der Waals surface area contributed by atoms with Gasteiger partial charge in [0.25, 0.3) is 0 Å². The van der Waals surface area contributed by atoms with E-state index in [4.69, 9.17) is 4.74 Å². The van der Waals surface area contributed by atoms with Gasteiger partial charge in [0.05, 0.1) is 5.41 Å². The molecule has 3 aliphatic carbocycles. The Morgan fingerprint density at radius 1 is 1.15 bits per heavy atom. The van der Waals surface area contributed by atoms with Gasteiger partial charge >= 0.3 is 5.97 Å². The molecule has 0 N–H and O–H groups in total. The van der Waals surface area contributed by atoms with Crippen LogP contribution >= 0.6 is 0 Å². The molecule has 3 aliphatic rings. The lowest BCUT2D eigenvalue weighted by molar-refractivity contribution is -0.143. The third kappa shape index (κ3) is 2.71. The number of rotatable bonds is 1. The number of ketones is 1. The number of carbonyl (C=O) groups is 2. The van der Waals surface area contributed by atoms with Gasteiger partial charge in [0.1, 0.15) is 11.5 Å². The van der Waals surface area contributed by atoms with Crippen LogP contribution in [0.25, 0.3) is 0 Å². The summed E-state index contributed by atoms with van der Waals surface area (Å²) in [6.07, 6.45) is 6.17. The maximum absolute atomic E-state index is 12.4. The average molecular weight is 354 g/mol. The molecule has 0 heterocycles. The van der Waals surface area contributed by atoms with Gasteiger partial charge in [0, 0.05) is 11.8 Å². The lowest BCUT2D eigenvalue weighted by Gasteiger charge is -2.48. The first-order chi connectivity index (χ1) is 12.2. The highest BCUT2D eigenvalue weighted by molar-refractivity contribution is 5.87. The second kappa shape index (κ2) is 5.94. The molecule has 26 heavy (non-hydrogen) atoms. The summed E-state index contributed by atoms with van der Waals surface area (Å²) in [5.41, 5.74) is 2.20. The Bertz CT molecular complexity index is 757. The van der Waals surface area contributed by atoms with Gasteiger partial charge in [-0.1, -0.05) is 13.0 Å². The molecule has 0 aromatic heterocycles. The number of hydrogen-bond donors (Lipinski definition) is 0. The van der Waals surface area contributed by atoms with Gasteiger partial charge in [-0.25, -0.2) is 0 Å². The van der Waals surface area contributed by atoms with Crippen LogP contribution in [0.5, 0.6) is 5.75 Å². The van der Waals surface area contributed by atoms with Crippen molar-refractivity contribution in [2.24, 2.45) is 22.7 Å². The normalized spacial score (nSPS) is 33.2. The van der Waals surface area contributed by atoms with Crippen molar-refractivity contribution >= 4 is 11.8 Å². The first kappa shape index (κ1) is 17.8. The Labute approximate surface area is 156 Å². The number of aryl methyl sites for hydroxylation is 1. The molecular weight excluding hydrogens is 324 g/mol. The van der Waals surface area contributed by atoms with Crippen LogP contribution < -0.4 is 4.74 Å². The first-order valence-electron chi connectivity index (χ1n) is 10.1. The summed E-state index contributed by atoms with van der Waals surface area (Å²) in [7, 11) is 0. The second-order valence-electron chi connectivity index (χ2n) is 9.83. The number of ether oxygens (including phenoxy) is 1. The molecule has 3 nitrogen and oxygen atoms in total. The van der Waals surface area contributed by atoms with Crippen molar-refractivity contribution in [1.82, 2.24) is 0 Å². The summed E-state index contributed by atoms with van der Waals surface area (Å²) in [5, 5.41) is 0. The molecule has 0 saturated heterocycles. The van der Waals surface area contributed by atoms with Crippen molar-refractivity contribution in [3.8, 4) is 5.75 Å². The molecule has 0 aliphatic heterocycles. The minimum absolute atomic E-state index is 0.0686. The SMILES string of the molecule is CC(C)(C)C(=O)Oc1ccc2c(c1)CC[C@H]1[C@H]2CC[C@@]2(C)C(=O)CC[C@@H]12. The van der Waals surface area contributed by atoms with Crippen LogP contribution in [0, 0.1) is 22.7 Å². The summed E-state index contributed by atoms with van der Waals surface area (Å²) in [5.74, 6) is 2.73. The molecule has 4 atom stereocenters. The van der Waals surface area contributed by atoms with Gasteiger partial charge in [-0.15, -0.1) is 0 Å². The van der Waals surface area contributed by atoms with Gasteiger partial charge in [-0.2, -0.15) is 0 Å². The van der Waals surface area contributed by atoms with E-state index in [9.17, 15) is 9.59 Å². The summed E-state index contributed by atoms with van der Waals surface area (Å²) in [4.78, 5) is 24.6. The van der Waals surface area contributed by atoms with Crippen molar-refractivity contribution in [2.75, 3.05) is 0 Å². The largest absolute Gasteiger partial charge is 0.426 e. The van der Waals surface area contributed by atoms with E-state index in [1.165, 1.54) is 11.1 Å². The molecule has 3 heteroatoms. The van der Waals surface area contributed by atoms with Crippen molar-refractivity contribution in [3.63, 3.8) is 0 Å². The number of benzene rings is 1. The Hall–Kier alpha value is -1.64. The van der Waals surface area contributed by atoms with E-state index in [1.807, 2.05) is 26.8 Å². The second-order valence-corrected chi connectivity index (χ2v) is 9.83. The van der Waals surface area contributed by atoms with Crippen LogP contribution in [0.4, 0.5) is 0 Å². The molecule has 0 amide bonds. The van der Waals surface area contributed by atoms with E-state index >= 15 is 0 Å². The topological polar surface area (TPSA) is 43.4 Å². The number of hydrogen-bond acceptors (Lipinski definition) is 3. The van der Waals surface area contributed by atoms with Gasteiger partial charge in [0.15, 0.2) is 0 Å². The van der Waals surface area contributed by atoms with E-state index in [0.717, 1.165) is 38.5 Å². The zero-order valence-electron chi connectivity index (χ0n) is 16.4. The minimum atomic E-state index is -0.496. The van der Waals surface area contributed by atoms with Crippen LogP contribution in [0.1, 0.15) is 76.8 Å². The standard InChI is InChI=1S/C23H30O3/c1-22(2,3)21(25)26-15-6-8-16-14(13-15)5-7-18-17(16)11-12-23(4)19(18)9-10-20(23)24/h6,8,13,17-19H,5,7,9-12H2,1-4H3/t17-,18-,19-,23+/m0/s1. The van der Waals surface area contributed by atoms with Gasteiger partial charge < -0.3 is 4.74 Å². The summed E-state index contributed by atoms with van der Waals surface area (Å²) in [6, 6.07) is 6.21. The minimum Gasteiger partial charge on any atom is -0.426 e. The highest BCUT2D eigenvalue weighted by atomic mass is 16.5. The molecule has 0 unspecified atom stereocenters. The van der Waals surface area contributed by atoms with E-state index in [2.05, 4.69) is 19.1 Å². The van der Waals surface area contributed by atoms with Crippen LogP contribution in [0.2, 0.25) is 0 Å². The maximum atomic E-state index is 12.4. The van der Waals surface area contributed by atoms with E-state index in [1.54, 1.807) is 0 Å². The average Bonchev–Trinajstić information content (AvgIpc) is 2.89. The quantitative estimate of drug-likeness (QED) is 0.523. The molecular formula is C23H30O3. The van der Waals surface area contributed by atoms with E-state index in [0.29, 0.717) is 29.3 Å². The Morgan fingerprint density at radius 3 is 2.65 bits per heavy atom. The summed E-state index contributed by atoms with van der Waals surface area (Å²) < 4.78 is 5.60. The van der Waals surface area contributed by atoms with Gasteiger partial charge in [-0.05, 0) is 93.9 Å². The predicted octanol–water partition coefficient (Wildman–Crippen LogP) is 5.06. The maximum Gasteiger partial charge on any atom is 0.316 e. The molecule has 0 radical (unpaired) electrons. The molecule has 2 saturated carbocycles. The molecule has 0 spiro atoms. The molecule has 0 bridgehead atoms. The Kier molecular flexibility index (Phi) is 4.05. The van der Waals surface area contributed by atoms with Crippen molar-refractivity contribution in [2.45, 2.75) is 72.1 Å². The summed E-state index contributed by atoms with van der Waals surface area (Å²) in [6.45, 7) is 7.84. The number of esters is 1. The van der Waals surface area contributed by atoms with E-state index in [-0.39, 0.29) is 11.4 Å².